The molecule has 6 heteroatoms. The minimum Gasteiger partial charge on any atom is -0.381 e. The van der Waals surface area contributed by atoms with Gasteiger partial charge in [0.1, 0.15) is 11.2 Å². The lowest BCUT2D eigenvalue weighted by Crippen LogP contribution is -2.44. The first-order valence-electron chi connectivity index (χ1n) is 9.00. The molecule has 3 aromatic heterocycles. The molecular formula is C18H23N5O. The minimum atomic E-state index is 0.534. The first-order chi connectivity index (χ1) is 11.9. The third kappa shape index (κ3) is 2.32. The van der Waals surface area contributed by atoms with Crippen molar-refractivity contribution in [2.24, 2.45) is 0 Å². The lowest BCUT2D eigenvalue weighted by atomic mass is 9.99. The van der Waals surface area contributed by atoms with Gasteiger partial charge in [-0.15, -0.1) is 0 Å². The summed E-state index contributed by atoms with van der Waals surface area (Å²) in [6.45, 7) is 4.21. The molecule has 0 spiro atoms. The lowest BCUT2D eigenvalue weighted by Gasteiger charge is -2.39. The quantitative estimate of drug-likeness (QED) is 0.787. The van der Waals surface area contributed by atoms with Crippen LogP contribution in [0.2, 0.25) is 0 Å². The van der Waals surface area contributed by atoms with Crippen molar-refractivity contribution in [1.82, 2.24) is 24.4 Å². The van der Waals surface area contributed by atoms with E-state index in [9.17, 15) is 0 Å². The summed E-state index contributed by atoms with van der Waals surface area (Å²) < 4.78 is 7.89. The minimum absolute atomic E-state index is 0.534. The zero-order valence-electron chi connectivity index (χ0n) is 13.8. The number of likely N-dealkylation sites (tertiary alicyclic amines) is 1. The third-order valence-electron chi connectivity index (χ3n) is 5.72. The summed E-state index contributed by atoms with van der Waals surface area (Å²) in [6.07, 6.45) is 10.6. The average Bonchev–Trinajstić information content (AvgIpc) is 3.29. The van der Waals surface area contributed by atoms with Gasteiger partial charge < -0.3 is 19.2 Å². The molecule has 0 aliphatic carbocycles. The highest BCUT2D eigenvalue weighted by Crippen LogP contribution is 2.31. The molecule has 0 saturated carbocycles. The van der Waals surface area contributed by atoms with E-state index in [1.54, 1.807) is 0 Å². The first kappa shape index (κ1) is 14.4. The highest BCUT2D eigenvalue weighted by atomic mass is 16.5. The Labute approximate surface area is 140 Å². The Kier molecular flexibility index (Phi) is 3.52. The van der Waals surface area contributed by atoms with Crippen LogP contribution in [0.15, 0.2) is 24.8 Å². The molecule has 2 aliphatic heterocycles. The van der Waals surface area contributed by atoms with Gasteiger partial charge in [0.2, 0.25) is 0 Å². The summed E-state index contributed by atoms with van der Waals surface area (Å²) in [7, 11) is 0. The van der Waals surface area contributed by atoms with Crippen LogP contribution in [-0.2, 0) is 4.74 Å². The van der Waals surface area contributed by atoms with Crippen molar-refractivity contribution in [3.8, 4) is 0 Å². The van der Waals surface area contributed by atoms with Gasteiger partial charge in [0.15, 0.2) is 0 Å². The molecule has 5 rings (SSSR count). The first-order valence-corrected chi connectivity index (χ1v) is 9.00. The molecule has 0 amide bonds. The van der Waals surface area contributed by atoms with E-state index in [1.165, 1.54) is 49.7 Å². The molecule has 5 heterocycles. The molecule has 126 valence electrons. The van der Waals surface area contributed by atoms with Gasteiger partial charge in [-0.25, -0.2) is 9.97 Å². The summed E-state index contributed by atoms with van der Waals surface area (Å²) in [6, 6.07) is 3.37. The Hall–Kier alpha value is -1.92. The normalized spacial score (nSPS) is 21.8. The van der Waals surface area contributed by atoms with Gasteiger partial charge in [-0.05, 0) is 31.7 Å². The van der Waals surface area contributed by atoms with Gasteiger partial charge >= 0.3 is 0 Å². The van der Waals surface area contributed by atoms with E-state index < -0.39 is 0 Å². The van der Waals surface area contributed by atoms with Crippen LogP contribution in [-0.4, -0.2) is 56.8 Å². The van der Waals surface area contributed by atoms with Gasteiger partial charge in [-0.3, -0.25) is 0 Å². The van der Waals surface area contributed by atoms with Gasteiger partial charge in [-0.2, -0.15) is 0 Å². The maximum Gasteiger partial charge on any atom is 0.139 e. The van der Waals surface area contributed by atoms with E-state index in [0.29, 0.717) is 6.04 Å². The number of imidazole rings is 1. The number of hydrogen-bond donors (Lipinski definition) is 1. The van der Waals surface area contributed by atoms with Crippen LogP contribution < -0.4 is 0 Å². The number of nitrogens with zero attached hydrogens (tertiary/aromatic N) is 4. The van der Waals surface area contributed by atoms with Crippen molar-refractivity contribution >= 4 is 22.1 Å². The van der Waals surface area contributed by atoms with Gasteiger partial charge in [0.25, 0.3) is 0 Å². The molecule has 6 nitrogen and oxygen atoms in total. The van der Waals surface area contributed by atoms with Crippen molar-refractivity contribution in [3.05, 3.63) is 24.8 Å². The Balaban J connectivity index is 1.40. The van der Waals surface area contributed by atoms with E-state index >= 15 is 0 Å². The second kappa shape index (κ2) is 5.86. The molecule has 2 aliphatic rings. The summed E-state index contributed by atoms with van der Waals surface area (Å²) in [5.74, 6) is 0. The van der Waals surface area contributed by atoms with E-state index in [1.807, 2.05) is 18.7 Å². The van der Waals surface area contributed by atoms with Crippen LogP contribution >= 0.6 is 0 Å². The van der Waals surface area contributed by atoms with Crippen LogP contribution in [0.25, 0.3) is 22.1 Å². The average molecular weight is 325 g/mol. The molecule has 1 N–H and O–H groups in total. The molecule has 2 fully saturated rings. The van der Waals surface area contributed by atoms with Crippen LogP contribution in [0.3, 0.4) is 0 Å². The highest BCUT2D eigenvalue weighted by molar-refractivity contribution is 6.00. The maximum absolute atomic E-state index is 5.50. The van der Waals surface area contributed by atoms with E-state index in [4.69, 9.17) is 4.74 Å². The second-order valence-corrected chi connectivity index (χ2v) is 6.99. The van der Waals surface area contributed by atoms with Crippen LogP contribution in [0.1, 0.15) is 31.7 Å². The molecule has 24 heavy (non-hydrogen) atoms. The molecule has 3 aromatic rings. The van der Waals surface area contributed by atoms with Crippen molar-refractivity contribution in [1.29, 1.82) is 0 Å². The number of piperidine rings is 1. The zero-order valence-corrected chi connectivity index (χ0v) is 13.8. The van der Waals surface area contributed by atoms with Gasteiger partial charge in [0.05, 0.1) is 18.0 Å². The van der Waals surface area contributed by atoms with Crippen LogP contribution in [0.5, 0.6) is 0 Å². The molecule has 0 unspecified atom stereocenters. The van der Waals surface area contributed by atoms with Gasteiger partial charge in [-0.1, -0.05) is 0 Å². The van der Waals surface area contributed by atoms with Crippen molar-refractivity contribution in [2.45, 2.75) is 37.8 Å². The Morgan fingerprint density at radius 2 is 1.88 bits per heavy atom. The second-order valence-electron chi connectivity index (χ2n) is 6.99. The number of H-pyrrole nitrogens is 1. The topological polar surface area (TPSA) is 59.0 Å². The highest BCUT2D eigenvalue weighted by Gasteiger charge is 2.28. The SMILES string of the molecule is c1cc2c(ncc3ncn(C4CCN(C5CCOCC5)CC4)c32)[nH]1. The molecule has 0 atom stereocenters. The van der Waals surface area contributed by atoms with Gasteiger partial charge in [0, 0.05) is 50.0 Å². The van der Waals surface area contributed by atoms with Crippen molar-refractivity contribution < 1.29 is 4.74 Å². The number of fused-ring (bicyclic) bond motifs is 3. The Bertz CT molecular complexity index is 839. The summed E-state index contributed by atoms with van der Waals surface area (Å²) in [4.78, 5) is 14.9. The van der Waals surface area contributed by atoms with E-state index in [-0.39, 0.29) is 0 Å². The summed E-state index contributed by atoms with van der Waals surface area (Å²) in [5, 5.41) is 1.18. The number of aromatic amines is 1. The number of rotatable bonds is 2. The predicted octanol–water partition coefficient (Wildman–Crippen LogP) is 2.73. The molecular weight excluding hydrogens is 302 g/mol. The fourth-order valence-corrected chi connectivity index (χ4v) is 4.39. The standard InChI is InChI=1S/C18H23N5O/c1-6-19-18-15(1)17-16(11-20-18)21-12-23(17)14-2-7-22(8-3-14)13-4-9-24-10-5-13/h1,6,11-14H,2-5,7-10H2,(H,19,20). The van der Waals surface area contributed by atoms with E-state index in [0.717, 1.165) is 30.4 Å². The number of ether oxygens (including phenoxy) is 1. The van der Waals surface area contributed by atoms with Crippen LogP contribution in [0, 0.1) is 0 Å². The maximum atomic E-state index is 5.50. The van der Waals surface area contributed by atoms with Crippen LogP contribution in [0.4, 0.5) is 0 Å². The third-order valence-corrected chi connectivity index (χ3v) is 5.72. The summed E-state index contributed by atoms with van der Waals surface area (Å²) >= 11 is 0. The zero-order chi connectivity index (χ0) is 15.9. The smallest absolute Gasteiger partial charge is 0.139 e. The number of nitrogens with one attached hydrogen (secondary N) is 1. The number of pyridine rings is 1. The predicted molar refractivity (Wildman–Crippen MR) is 93.1 cm³/mol. The Morgan fingerprint density at radius 1 is 1.04 bits per heavy atom. The molecule has 0 aromatic carbocycles. The van der Waals surface area contributed by atoms with Crippen molar-refractivity contribution in [3.63, 3.8) is 0 Å². The molecule has 0 radical (unpaired) electrons. The fourth-order valence-electron chi connectivity index (χ4n) is 4.39. The number of aromatic nitrogens is 4. The Morgan fingerprint density at radius 3 is 2.71 bits per heavy atom. The van der Waals surface area contributed by atoms with E-state index in [2.05, 4.69) is 30.5 Å². The largest absolute Gasteiger partial charge is 0.381 e. The fraction of sp³-hybridized carbons (Fsp3) is 0.556. The van der Waals surface area contributed by atoms with Crippen molar-refractivity contribution in [2.75, 3.05) is 26.3 Å². The number of hydrogen-bond acceptors (Lipinski definition) is 4. The molecule has 2 saturated heterocycles. The summed E-state index contributed by atoms with van der Waals surface area (Å²) in [5.41, 5.74) is 3.17. The lowest BCUT2D eigenvalue weighted by molar-refractivity contribution is 0.0222. The monoisotopic (exact) mass is 325 g/mol. The molecule has 0 bridgehead atoms.